The first-order chi connectivity index (χ1) is 9.65. The van der Waals surface area contributed by atoms with E-state index in [-0.39, 0.29) is 16.3 Å². The van der Waals surface area contributed by atoms with E-state index in [4.69, 9.17) is 16.3 Å². The van der Waals surface area contributed by atoms with Crippen molar-refractivity contribution in [2.24, 2.45) is 5.41 Å². The second-order valence-electron chi connectivity index (χ2n) is 5.80. The van der Waals surface area contributed by atoms with Gasteiger partial charge >= 0.3 is 0 Å². The highest BCUT2D eigenvalue weighted by atomic mass is 35.5. The van der Waals surface area contributed by atoms with Crippen molar-refractivity contribution in [1.82, 2.24) is 5.32 Å². The number of hydrogen-bond donors (Lipinski definition) is 1. The molecule has 20 heavy (non-hydrogen) atoms. The van der Waals surface area contributed by atoms with Crippen LogP contribution in [0, 0.1) is 11.2 Å². The Morgan fingerprint density at radius 1 is 1.35 bits per heavy atom. The van der Waals surface area contributed by atoms with Crippen molar-refractivity contribution in [2.45, 2.75) is 32.1 Å². The summed E-state index contributed by atoms with van der Waals surface area (Å²) < 4.78 is 18.6. The number of methoxy groups -OCH3 is 1. The average molecular weight is 300 g/mol. The van der Waals surface area contributed by atoms with Gasteiger partial charge < -0.3 is 10.1 Å². The van der Waals surface area contributed by atoms with Gasteiger partial charge in [-0.2, -0.15) is 0 Å². The molecule has 1 aromatic carbocycles. The molecule has 0 atom stereocenters. The minimum atomic E-state index is -0.315. The number of ether oxygens (including phenoxy) is 1. The molecule has 1 fully saturated rings. The lowest BCUT2D eigenvalue weighted by Gasteiger charge is -2.29. The molecular weight excluding hydrogens is 277 g/mol. The fourth-order valence-electron chi connectivity index (χ4n) is 3.15. The zero-order valence-electron chi connectivity index (χ0n) is 12.1. The third-order valence-corrected chi connectivity index (χ3v) is 4.52. The van der Waals surface area contributed by atoms with Crippen LogP contribution in [0.5, 0.6) is 0 Å². The maximum absolute atomic E-state index is 13.6. The third kappa shape index (κ3) is 4.18. The standard InChI is InChI=1S/C16H23ClFNO/c1-20-9-8-19-12-16(6-2-3-7-16)11-13-4-5-14(17)15(18)10-13/h4-5,10,19H,2-3,6-9,11-12H2,1H3. The van der Waals surface area contributed by atoms with Crippen LogP contribution >= 0.6 is 11.6 Å². The summed E-state index contributed by atoms with van der Waals surface area (Å²) >= 11 is 5.75. The van der Waals surface area contributed by atoms with Gasteiger partial charge in [0.2, 0.25) is 0 Å². The molecule has 0 bridgehead atoms. The maximum Gasteiger partial charge on any atom is 0.142 e. The molecule has 0 amide bonds. The Bertz CT molecular complexity index is 432. The van der Waals surface area contributed by atoms with E-state index < -0.39 is 0 Å². The molecular formula is C16H23ClFNO. The Balaban J connectivity index is 1.99. The van der Waals surface area contributed by atoms with E-state index in [1.807, 2.05) is 6.07 Å². The normalized spacial score (nSPS) is 17.6. The zero-order valence-corrected chi connectivity index (χ0v) is 12.8. The summed E-state index contributed by atoms with van der Waals surface area (Å²) in [7, 11) is 1.71. The SMILES string of the molecule is COCCNCC1(Cc2ccc(Cl)c(F)c2)CCCC1. The Morgan fingerprint density at radius 3 is 2.75 bits per heavy atom. The summed E-state index contributed by atoms with van der Waals surface area (Å²) in [5, 5.41) is 3.67. The zero-order chi connectivity index (χ0) is 14.4. The molecule has 0 saturated heterocycles. The van der Waals surface area contributed by atoms with Gasteiger partial charge in [0.25, 0.3) is 0 Å². The minimum Gasteiger partial charge on any atom is -0.383 e. The smallest absolute Gasteiger partial charge is 0.142 e. The lowest BCUT2D eigenvalue weighted by Crippen LogP contribution is -2.35. The van der Waals surface area contributed by atoms with Gasteiger partial charge in [-0.3, -0.25) is 0 Å². The molecule has 1 aromatic rings. The molecule has 2 rings (SSSR count). The summed E-state index contributed by atoms with van der Waals surface area (Å²) in [6, 6.07) is 5.19. The summed E-state index contributed by atoms with van der Waals surface area (Å²) in [6.45, 7) is 2.57. The largest absolute Gasteiger partial charge is 0.383 e. The van der Waals surface area contributed by atoms with Crippen LogP contribution in [-0.4, -0.2) is 26.8 Å². The molecule has 1 aliphatic rings. The van der Waals surface area contributed by atoms with Crippen molar-refractivity contribution < 1.29 is 9.13 Å². The quantitative estimate of drug-likeness (QED) is 0.773. The summed E-state index contributed by atoms with van der Waals surface area (Å²) in [4.78, 5) is 0. The average Bonchev–Trinajstić information content (AvgIpc) is 2.88. The van der Waals surface area contributed by atoms with Gasteiger partial charge in [-0.15, -0.1) is 0 Å². The van der Waals surface area contributed by atoms with Crippen LogP contribution < -0.4 is 5.32 Å². The summed E-state index contributed by atoms with van der Waals surface area (Å²) in [6.07, 6.45) is 5.86. The lowest BCUT2D eigenvalue weighted by atomic mass is 9.80. The van der Waals surface area contributed by atoms with Gasteiger partial charge in [0.05, 0.1) is 11.6 Å². The molecule has 0 radical (unpaired) electrons. The van der Waals surface area contributed by atoms with Crippen molar-refractivity contribution >= 4 is 11.6 Å². The Labute approximate surface area is 125 Å². The monoisotopic (exact) mass is 299 g/mol. The number of rotatable bonds is 7. The molecule has 4 heteroatoms. The van der Waals surface area contributed by atoms with Gasteiger partial charge in [-0.1, -0.05) is 30.5 Å². The fourth-order valence-corrected chi connectivity index (χ4v) is 3.27. The van der Waals surface area contributed by atoms with E-state index in [0.29, 0.717) is 0 Å². The first-order valence-corrected chi connectivity index (χ1v) is 7.67. The number of halogens is 2. The van der Waals surface area contributed by atoms with Gasteiger partial charge in [0.1, 0.15) is 5.82 Å². The first-order valence-electron chi connectivity index (χ1n) is 7.29. The highest BCUT2D eigenvalue weighted by molar-refractivity contribution is 6.30. The van der Waals surface area contributed by atoms with Crippen molar-refractivity contribution in [3.05, 3.63) is 34.6 Å². The summed E-state index contributed by atoms with van der Waals surface area (Å²) in [5.41, 5.74) is 1.30. The Hall–Kier alpha value is -0.640. The molecule has 0 unspecified atom stereocenters. The molecule has 0 spiro atoms. The number of benzene rings is 1. The van der Waals surface area contributed by atoms with E-state index in [9.17, 15) is 4.39 Å². The Morgan fingerprint density at radius 2 is 2.10 bits per heavy atom. The second-order valence-corrected chi connectivity index (χ2v) is 6.21. The molecule has 1 saturated carbocycles. The topological polar surface area (TPSA) is 21.3 Å². The van der Waals surface area contributed by atoms with E-state index in [2.05, 4.69) is 5.32 Å². The molecule has 1 N–H and O–H groups in total. The third-order valence-electron chi connectivity index (χ3n) is 4.21. The summed E-state index contributed by atoms with van der Waals surface area (Å²) in [5.74, 6) is -0.315. The van der Waals surface area contributed by atoms with Crippen LogP contribution in [0.3, 0.4) is 0 Å². The van der Waals surface area contributed by atoms with Crippen LogP contribution in [0.15, 0.2) is 18.2 Å². The second kappa shape index (κ2) is 7.39. The van der Waals surface area contributed by atoms with Crippen LogP contribution in [0.25, 0.3) is 0 Å². The van der Waals surface area contributed by atoms with Crippen LogP contribution in [0.2, 0.25) is 5.02 Å². The van der Waals surface area contributed by atoms with Crippen LogP contribution in [0.4, 0.5) is 4.39 Å². The highest BCUT2D eigenvalue weighted by Gasteiger charge is 2.33. The first kappa shape index (κ1) is 15.7. The van der Waals surface area contributed by atoms with E-state index in [1.54, 1.807) is 19.2 Å². The van der Waals surface area contributed by atoms with Crippen molar-refractivity contribution in [3.63, 3.8) is 0 Å². The van der Waals surface area contributed by atoms with Crippen LogP contribution in [-0.2, 0) is 11.2 Å². The predicted molar refractivity (Wildman–Crippen MR) is 80.8 cm³/mol. The predicted octanol–water partition coefficient (Wildman–Crippen LogP) is 3.82. The number of hydrogen-bond acceptors (Lipinski definition) is 2. The molecule has 0 aliphatic heterocycles. The van der Waals surface area contributed by atoms with Gasteiger partial charge in [-0.05, 0) is 42.4 Å². The van der Waals surface area contributed by atoms with Gasteiger partial charge in [0, 0.05) is 20.2 Å². The lowest BCUT2D eigenvalue weighted by molar-refractivity contribution is 0.189. The fraction of sp³-hybridized carbons (Fsp3) is 0.625. The van der Waals surface area contributed by atoms with Crippen molar-refractivity contribution in [2.75, 3.05) is 26.8 Å². The van der Waals surface area contributed by atoms with Gasteiger partial charge in [-0.25, -0.2) is 4.39 Å². The molecule has 0 aromatic heterocycles. The maximum atomic E-state index is 13.6. The van der Waals surface area contributed by atoms with E-state index in [1.165, 1.54) is 25.7 Å². The minimum absolute atomic E-state index is 0.201. The molecule has 2 nitrogen and oxygen atoms in total. The van der Waals surface area contributed by atoms with Crippen molar-refractivity contribution in [3.8, 4) is 0 Å². The number of nitrogens with one attached hydrogen (secondary N) is 1. The van der Waals surface area contributed by atoms with E-state index >= 15 is 0 Å². The molecule has 1 aliphatic carbocycles. The van der Waals surface area contributed by atoms with Crippen LogP contribution in [0.1, 0.15) is 31.2 Å². The van der Waals surface area contributed by atoms with Crippen molar-refractivity contribution in [1.29, 1.82) is 0 Å². The Kier molecular flexibility index (Phi) is 5.82. The molecule has 112 valence electrons. The highest BCUT2D eigenvalue weighted by Crippen LogP contribution is 2.40. The molecule has 0 heterocycles. The van der Waals surface area contributed by atoms with E-state index in [0.717, 1.165) is 31.7 Å². The van der Waals surface area contributed by atoms with Gasteiger partial charge in [0.15, 0.2) is 0 Å².